The van der Waals surface area contributed by atoms with Gasteiger partial charge in [0, 0.05) is 11.8 Å². The number of benzene rings is 2. The van der Waals surface area contributed by atoms with Crippen LogP contribution in [0.15, 0.2) is 61.2 Å². The lowest BCUT2D eigenvalue weighted by Gasteiger charge is -2.10. The number of alkyl halides is 3. The van der Waals surface area contributed by atoms with E-state index in [1.54, 1.807) is 30.4 Å². The van der Waals surface area contributed by atoms with E-state index in [9.17, 15) is 18.0 Å². The van der Waals surface area contributed by atoms with E-state index in [1.165, 1.54) is 37.5 Å². The van der Waals surface area contributed by atoms with Gasteiger partial charge in [-0.15, -0.1) is 0 Å². The Balaban J connectivity index is 1.94. The Morgan fingerprint density at radius 3 is 2.45 bits per heavy atom. The van der Waals surface area contributed by atoms with Crippen LogP contribution in [0.25, 0.3) is 6.08 Å². The van der Waals surface area contributed by atoms with Gasteiger partial charge in [0.1, 0.15) is 12.4 Å². The fourth-order valence-corrected chi connectivity index (χ4v) is 2.21. The summed E-state index contributed by atoms with van der Waals surface area (Å²) in [6.45, 7) is 2.55. The molecular weight excluding hydrogens is 387 g/mol. The fraction of sp³-hybridized carbons (Fsp3) is 0.190. The van der Waals surface area contributed by atoms with Crippen molar-refractivity contribution in [2.45, 2.75) is 6.18 Å². The van der Waals surface area contributed by atoms with Crippen molar-refractivity contribution in [3.8, 4) is 17.2 Å². The molecule has 0 saturated heterocycles. The van der Waals surface area contributed by atoms with Crippen LogP contribution in [-0.4, -0.2) is 32.4 Å². The van der Waals surface area contributed by atoms with Crippen LogP contribution in [0, 0.1) is 0 Å². The van der Waals surface area contributed by atoms with Crippen molar-refractivity contribution >= 4 is 17.7 Å². The van der Waals surface area contributed by atoms with Crippen LogP contribution in [0.2, 0.25) is 0 Å². The van der Waals surface area contributed by atoms with Crippen molar-refractivity contribution in [3.63, 3.8) is 0 Å². The van der Waals surface area contributed by atoms with Crippen molar-refractivity contribution in [2.75, 3.05) is 25.6 Å². The molecule has 0 fully saturated rings. The Labute approximate surface area is 166 Å². The highest BCUT2D eigenvalue weighted by Crippen LogP contribution is 2.28. The van der Waals surface area contributed by atoms with Gasteiger partial charge < -0.3 is 19.5 Å². The minimum atomic E-state index is -4.41. The summed E-state index contributed by atoms with van der Waals surface area (Å²) < 4.78 is 51.7. The quantitative estimate of drug-likeness (QED) is 0.477. The zero-order valence-electron chi connectivity index (χ0n) is 15.7. The third kappa shape index (κ3) is 7.61. The van der Waals surface area contributed by atoms with Crippen LogP contribution < -0.4 is 19.5 Å². The maximum Gasteiger partial charge on any atom is 0.422 e. The van der Waals surface area contributed by atoms with E-state index < -0.39 is 18.7 Å². The maximum atomic E-state index is 12.1. The van der Waals surface area contributed by atoms with E-state index in [0.29, 0.717) is 23.8 Å². The van der Waals surface area contributed by atoms with Crippen molar-refractivity contribution in [1.29, 1.82) is 0 Å². The minimum absolute atomic E-state index is 0.0572. The lowest BCUT2D eigenvalue weighted by molar-refractivity contribution is -0.153. The predicted molar refractivity (Wildman–Crippen MR) is 104 cm³/mol. The molecule has 0 aliphatic heterocycles. The third-order valence-corrected chi connectivity index (χ3v) is 3.50. The first kappa shape index (κ1) is 21.9. The Morgan fingerprint density at radius 1 is 1.10 bits per heavy atom. The third-order valence-electron chi connectivity index (χ3n) is 3.50. The number of rotatable bonds is 9. The molecule has 154 valence electrons. The van der Waals surface area contributed by atoms with Gasteiger partial charge in [-0.3, -0.25) is 4.79 Å². The van der Waals surface area contributed by atoms with Gasteiger partial charge in [-0.2, -0.15) is 13.2 Å². The number of anilines is 1. The average Bonchev–Trinajstić information content (AvgIpc) is 2.70. The molecule has 1 N–H and O–H groups in total. The SMILES string of the molecule is C=CCOc1ccc(/C=C/C(=O)Nc2ccc(OCC(F)(F)F)cc2)cc1OC. The second kappa shape index (κ2) is 10.2. The Hall–Kier alpha value is -3.42. The van der Waals surface area contributed by atoms with Crippen molar-refractivity contribution in [2.24, 2.45) is 0 Å². The minimum Gasteiger partial charge on any atom is -0.493 e. The molecule has 0 aromatic heterocycles. The fourth-order valence-electron chi connectivity index (χ4n) is 2.21. The second-order valence-corrected chi connectivity index (χ2v) is 5.76. The van der Waals surface area contributed by atoms with Gasteiger partial charge in [-0.05, 0) is 48.0 Å². The molecule has 2 aromatic carbocycles. The molecule has 0 aliphatic rings. The molecule has 29 heavy (non-hydrogen) atoms. The lowest BCUT2D eigenvalue weighted by atomic mass is 10.2. The van der Waals surface area contributed by atoms with Gasteiger partial charge >= 0.3 is 6.18 Å². The summed E-state index contributed by atoms with van der Waals surface area (Å²) in [6.07, 6.45) is 0.131. The molecule has 0 heterocycles. The van der Waals surface area contributed by atoms with Gasteiger partial charge in [0.25, 0.3) is 0 Å². The first-order valence-electron chi connectivity index (χ1n) is 8.51. The van der Waals surface area contributed by atoms with Crippen LogP contribution in [-0.2, 0) is 4.79 Å². The number of carbonyl (C=O) groups is 1. The topological polar surface area (TPSA) is 56.8 Å². The number of methoxy groups -OCH3 is 1. The molecule has 0 spiro atoms. The molecule has 0 saturated carbocycles. The van der Waals surface area contributed by atoms with E-state index in [-0.39, 0.29) is 5.75 Å². The number of halogens is 3. The largest absolute Gasteiger partial charge is 0.493 e. The normalized spacial score (nSPS) is 11.2. The predicted octanol–water partition coefficient (Wildman–Crippen LogP) is 4.85. The van der Waals surface area contributed by atoms with Gasteiger partial charge in [0.2, 0.25) is 5.91 Å². The number of nitrogens with one attached hydrogen (secondary N) is 1. The number of ether oxygens (including phenoxy) is 3. The zero-order valence-corrected chi connectivity index (χ0v) is 15.7. The molecular formula is C21H20F3NO4. The maximum absolute atomic E-state index is 12.1. The van der Waals surface area contributed by atoms with Crippen molar-refractivity contribution in [3.05, 3.63) is 66.8 Å². The van der Waals surface area contributed by atoms with Crippen LogP contribution in [0.4, 0.5) is 18.9 Å². The molecule has 8 heteroatoms. The smallest absolute Gasteiger partial charge is 0.422 e. The van der Waals surface area contributed by atoms with E-state index in [2.05, 4.69) is 16.6 Å². The number of hydrogen-bond donors (Lipinski definition) is 1. The van der Waals surface area contributed by atoms with Crippen molar-refractivity contribution in [1.82, 2.24) is 0 Å². The van der Waals surface area contributed by atoms with E-state index in [0.717, 1.165) is 5.56 Å². The molecule has 2 aromatic rings. The van der Waals surface area contributed by atoms with Gasteiger partial charge in [-0.25, -0.2) is 0 Å². The van der Waals surface area contributed by atoms with Crippen LogP contribution in [0.1, 0.15) is 5.56 Å². The van der Waals surface area contributed by atoms with E-state index in [4.69, 9.17) is 9.47 Å². The summed E-state index contributed by atoms with van der Waals surface area (Å²) in [5.74, 6) is 0.729. The molecule has 2 rings (SSSR count). The second-order valence-electron chi connectivity index (χ2n) is 5.76. The Morgan fingerprint density at radius 2 is 1.83 bits per heavy atom. The van der Waals surface area contributed by atoms with Crippen LogP contribution >= 0.6 is 0 Å². The first-order valence-corrected chi connectivity index (χ1v) is 8.51. The highest BCUT2D eigenvalue weighted by Gasteiger charge is 2.28. The average molecular weight is 407 g/mol. The molecule has 0 atom stereocenters. The number of hydrogen-bond acceptors (Lipinski definition) is 4. The van der Waals surface area contributed by atoms with Crippen molar-refractivity contribution < 1.29 is 32.2 Å². The van der Waals surface area contributed by atoms with E-state index in [1.807, 2.05) is 0 Å². The molecule has 5 nitrogen and oxygen atoms in total. The van der Waals surface area contributed by atoms with Gasteiger partial charge in [0.05, 0.1) is 7.11 Å². The molecule has 1 amide bonds. The zero-order chi connectivity index (χ0) is 21.3. The highest BCUT2D eigenvalue weighted by atomic mass is 19.4. The summed E-state index contributed by atoms with van der Waals surface area (Å²) in [5, 5.41) is 2.61. The molecule has 0 radical (unpaired) electrons. The van der Waals surface area contributed by atoms with E-state index >= 15 is 0 Å². The summed E-state index contributed by atoms with van der Waals surface area (Å²) in [4.78, 5) is 12.0. The Kier molecular flexibility index (Phi) is 7.70. The van der Waals surface area contributed by atoms with Gasteiger partial charge in [0.15, 0.2) is 18.1 Å². The molecule has 0 unspecified atom stereocenters. The van der Waals surface area contributed by atoms with Crippen LogP contribution in [0.3, 0.4) is 0 Å². The van der Waals surface area contributed by atoms with Gasteiger partial charge in [-0.1, -0.05) is 18.7 Å². The molecule has 0 aliphatic carbocycles. The summed E-state index contributed by atoms with van der Waals surface area (Å²) in [7, 11) is 1.51. The lowest BCUT2D eigenvalue weighted by Crippen LogP contribution is -2.19. The highest BCUT2D eigenvalue weighted by molar-refractivity contribution is 6.01. The number of amides is 1. The summed E-state index contributed by atoms with van der Waals surface area (Å²) >= 11 is 0. The first-order chi connectivity index (χ1) is 13.8. The summed E-state index contributed by atoms with van der Waals surface area (Å²) in [6, 6.07) is 10.8. The monoisotopic (exact) mass is 407 g/mol. The molecule has 0 bridgehead atoms. The summed E-state index contributed by atoms with van der Waals surface area (Å²) in [5.41, 5.74) is 1.14. The number of carbonyl (C=O) groups excluding carboxylic acids is 1. The standard InChI is InChI=1S/C21H20F3NO4/c1-3-12-28-18-10-4-15(13-19(18)27-2)5-11-20(26)25-16-6-8-17(9-7-16)29-14-21(22,23)24/h3-11,13H,1,12,14H2,2H3,(H,25,26)/b11-5+. The Bertz CT molecular complexity index is 861. The van der Waals surface area contributed by atoms with Crippen LogP contribution in [0.5, 0.6) is 17.2 Å².